The molecule has 1 atom stereocenters. The summed E-state index contributed by atoms with van der Waals surface area (Å²) >= 11 is 2.63. The predicted octanol–water partition coefficient (Wildman–Crippen LogP) is 6.34. The molecule has 1 aliphatic heterocycles. The molecular weight excluding hydrogens is 615 g/mol. The molecule has 2 N–H and O–H groups in total. The molecule has 228 valence electrons. The van der Waals surface area contributed by atoms with Crippen molar-refractivity contribution in [3.8, 4) is 23.0 Å². The summed E-state index contributed by atoms with van der Waals surface area (Å²) in [5.41, 5.74) is 1.61. The lowest BCUT2D eigenvalue weighted by molar-refractivity contribution is -0.132. The molecule has 5 aromatic rings. The van der Waals surface area contributed by atoms with Crippen molar-refractivity contribution >= 4 is 56.5 Å². The van der Waals surface area contributed by atoms with E-state index in [4.69, 9.17) is 14.2 Å². The zero-order chi connectivity index (χ0) is 31.7. The monoisotopic (exact) mass is 641 g/mol. The third-order valence-corrected chi connectivity index (χ3v) is 9.56. The van der Waals surface area contributed by atoms with Crippen molar-refractivity contribution in [3.63, 3.8) is 0 Å². The van der Waals surface area contributed by atoms with Gasteiger partial charge in [-0.05, 0) is 52.2 Å². The average molecular weight is 642 g/mol. The summed E-state index contributed by atoms with van der Waals surface area (Å²) in [4.78, 5) is 28.5. The Kier molecular flexibility index (Phi) is 8.33. The van der Waals surface area contributed by atoms with Gasteiger partial charge in [-0.25, -0.2) is 0 Å². The van der Waals surface area contributed by atoms with Gasteiger partial charge < -0.3 is 24.4 Å². The number of ketones is 1. The van der Waals surface area contributed by atoms with Crippen LogP contribution in [0.25, 0.3) is 16.5 Å². The lowest BCUT2D eigenvalue weighted by atomic mass is 9.95. The third-order valence-electron chi connectivity index (χ3n) is 7.45. The summed E-state index contributed by atoms with van der Waals surface area (Å²) in [6, 6.07) is 22.3. The van der Waals surface area contributed by atoms with Crippen LogP contribution in [0.3, 0.4) is 0 Å². The first-order valence-corrected chi connectivity index (χ1v) is 15.5. The SMILES string of the molecule is COc1cc(C2C(=C(O)c3ccc(OC)c(OC)c3)C(=O)C(=O)N2c2nnc(SCc3cccc4ccccc34)s2)ccc1O. The maximum Gasteiger partial charge on any atom is 0.301 e. The Morgan fingerprint density at radius 2 is 1.64 bits per heavy atom. The number of aliphatic hydroxyl groups excluding tert-OH is 1. The standard InChI is InChI=1S/C33H27N3O7S2/c1-41-24-14-12-20(16-26(24)43-3)29(38)27-28(19-11-13-23(37)25(15-19)42-2)36(31(40)30(27)39)32-34-35-33(45-32)44-17-21-9-6-8-18-7-4-5-10-22(18)21/h4-16,28,37-38H,17H2,1-3H3. The largest absolute Gasteiger partial charge is 0.507 e. The maximum absolute atomic E-state index is 13.7. The van der Waals surface area contributed by atoms with Crippen LogP contribution in [0.2, 0.25) is 0 Å². The van der Waals surface area contributed by atoms with E-state index in [1.165, 1.54) is 56.2 Å². The Bertz CT molecular complexity index is 1970. The number of carbonyl (C=O) groups excluding carboxylic acids is 2. The number of thioether (sulfide) groups is 1. The van der Waals surface area contributed by atoms with Crippen LogP contribution in [0.4, 0.5) is 5.13 Å². The third kappa shape index (κ3) is 5.54. The van der Waals surface area contributed by atoms with E-state index < -0.39 is 23.5 Å². The van der Waals surface area contributed by atoms with Crippen LogP contribution in [0.5, 0.6) is 23.0 Å². The highest BCUT2D eigenvalue weighted by atomic mass is 32.2. The van der Waals surface area contributed by atoms with E-state index in [-0.39, 0.29) is 27.8 Å². The van der Waals surface area contributed by atoms with E-state index in [1.54, 1.807) is 18.2 Å². The maximum atomic E-state index is 13.7. The van der Waals surface area contributed by atoms with Crippen LogP contribution in [0.1, 0.15) is 22.7 Å². The summed E-state index contributed by atoms with van der Waals surface area (Å²) < 4.78 is 16.6. The number of phenolic OH excluding ortho intramolecular Hbond substituents is 1. The molecule has 45 heavy (non-hydrogen) atoms. The Labute approximate surface area is 266 Å². The molecule has 2 heterocycles. The molecule has 0 aliphatic carbocycles. The van der Waals surface area contributed by atoms with Gasteiger partial charge in [0.25, 0.3) is 5.78 Å². The van der Waals surface area contributed by atoms with Gasteiger partial charge in [-0.15, -0.1) is 10.2 Å². The molecule has 1 amide bonds. The number of aromatic nitrogens is 2. The topological polar surface area (TPSA) is 131 Å². The number of hydrogen-bond acceptors (Lipinski definition) is 11. The predicted molar refractivity (Wildman–Crippen MR) is 172 cm³/mol. The quantitative estimate of drug-likeness (QED) is 0.0618. The summed E-state index contributed by atoms with van der Waals surface area (Å²) in [5, 5.41) is 32.9. The highest BCUT2D eigenvalue weighted by Crippen LogP contribution is 2.46. The van der Waals surface area contributed by atoms with Gasteiger partial charge in [0.1, 0.15) is 5.76 Å². The minimum absolute atomic E-state index is 0.124. The number of rotatable bonds is 9. The van der Waals surface area contributed by atoms with E-state index >= 15 is 0 Å². The first kappa shape index (κ1) is 30.0. The molecule has 1 fully saturated rings. The number of ether oxygens (including phenoxy) is 3. The molecular formula is C33H27N3O7S2. The number of aromatic hydroxyl groups is 1. The van der Waals surface area contributed by atoms with Gasteiger partial charge in [0, 0.05) is 11.3 Å². The Hall–Kier alpha value is -5.07. The van der Waals surface area contributed by atoms with Crippen molar-refractivity contribution in [1.29, 1.82) is 0 Å². The first-order valence-electron chi connectivity index (χ1n) is 13.7. The van der Waals surface area contributed by atoms with Gasteiger partial charge in [-0.3, -0.25) is 14.5 Å². The van der Waals surface area contributed by atoms with E-state index in [0.717, 1.165) is 27.7 Å². The summed E-state index contributed by atoms with van der Waals surface area (Å²) in [6.07, 6.45) is 0. The minimum Gasteiger partial charge on any atom is -0.507 e. The molecule has 0 radical (unpaired) electrons. The van der Waals surface area contributed by atoms with Crippen LogP contribution in [0.15, 0.2) is 88.8 Å². The molecule has 0 spiro atoms. The van der Waals surface area contributed by atoms with Crippen LogP contribution in [0, 0.1) is 0 Å². The lowest BCUT2D eigenvalue weighted by Crippen LogP contribution is -2.29. The Morgan fingerprint density at radius 3 is 2.42 bits per heavy atom. The number of carbonyl (C=O) groups is 2. The van der Waals surface area contributed by atoms with Crippen molar-refractivity contribution in [1.82, 2.24) is 10.2 Å². The number of amides is 1. The van der Waals surface area contributed by atoms with Gasteiger partial charge in [0.2, 0.25) is 5.13 Å². The summed E-state index contributed by atoms with van der Waals surface area (Å²) in [6.45, 7) is 0. The van der Waals surface area contributed by atoms with Crippen molar-refractivity contribution in [2.75, 3.05) is 26.2 Å². The number of benzene rings is 4. The van der Waals surface area contributed by atoms with Crippen LogP contribution in [-0.4, -0.2) is 53.4 Å². The van der Waals surface area contributed by atoms with Gasteiger partial charge >= 0.3 is 5.91 Å². The highest BCUT2D eigenvalue weighted by Gasteiger charge is 2.48. The minimum atomic E-state index is -1.10. The number of anilines is 1. The number of Topliss-reactive ketones (excluding diaryl/α,β-unsaturated/α-hetero) is 1. The van der Waals surface area contributed by atoms with Crippen molar-refractivity contribution in [2.45, 2.75) is 16.1 Å². The second-order valence-electron chi connectivity index (χ2n) is 9.95. The number of methoxy groups -OCH3 is 3. The molecule has 12 heteroatoms. The molecule has 1 unspecified atom stereocenters. The first-order chi connectivity index (χ1) is 21.8. The van der Waals surface area contributed by atoms with E-state index in [9.17, 15) is 19.8 Å². The van der Waals surface area contributed by atoms with Crippen LogP contribution >= 0.6 is 23.1 Å². The lowest BCUT2D eigenvalue weighted by Gasteiger charge is -2.23. The van der Waals surface area contributed by atoms with E-state index in [1.807, 2.05) is 18.2 Å². The molecule has 0 bridgehead atoms. The summed E-state index contributed by atoms with van der Waals surface area (Å²) in [5.74, 6) is -0.812. The molecule has 0 saturated carbocycles. The van der Waals surface area contributed by atoms with E-state index in [2.05, 4.69) is 34.5 Å². The molecule has 6 rings (SSSR count). The molecule has 1 aliphatic rings. The van der Waals surface area contributed by atoms with Crippen LogP contribution in [-0.2, 0) is 15.3 Å². The molecule has 1 aromatic heterocycles. The number of fused-ring (bicyclic) bond motifs is 1. The van der Waals surface area contributed by atoms with Gasteiger partial charge in [0.05, 0.1) is 32.9 Å². The zero-order valence-corrected chi connectivity index (χ0v) is 26.0. The van der Waals surface area contributed by atoms with Crippen molar-refractivity contribution in [2.24, 2.45) is 0 Å². The molecule has 4 aromatic carbocycles. The Morgan fingerprint density at radius 1 is 0.889 bits per heavy atom. The average Bonchev–Trinajstić information content (AvgIpc) is 3.64. The van der Waals surface area contributed by atoms with Crippen LogP contribution < -0.4 is 19.1 Å². The number of aliphatic hydroxyl groups is 1. The summed E-state index contributed by atoms with van der Waals surface area (Å²) in [7, 11) is 4.33. The molecule has 1 saturated heterocycles. The normalized spacial score (nSPS) is 15.9. The fourth-order valence-corrected chi connectivity index (χ4v) is 7.14. The number of hydrogen-bond donors (Lipinski definition) is 2. The zero-order valence-electron chi connectivity index (χ0n) is 24.4. The van der Waals surface area contributed by atoms with Gasteiger partial charge in [0.15, 0.2) is 27.3 Å². The number of phenols is 1. The fraction of sp³-hybridized carbons (Fsp3) is 0.152. The second-order valence-corrected chi connectivity index (χ2v) is 12.1. The Balaban J connectivity index is 1.41. The highest BCUT2D eigenvalue weighted by molar-refractivity contribution is 8.00. The van der Waals surface area contributed by atoms with Crippen molar-refractivity contribution < 1.29 is 34.0 Å². The fourth-order valence-electron chi connectivity index (χ4n) is 5.26. The van der Waals surface area contributed by atoms with E-state index in [0.29, 0.717) is 27.2 Å². The smallest absolute Gasteiger partial charge is 0.301 e. The van der Waals surface area contributed by atoms with Crippen molar-refractivity contribution in [3.05, 3.63) is 101 Å². The van der Waals surface area contributed by atoms with Gasteiger partial charge in [-0.1, -0.05) is 71.6 Å². The second kappa shape index (κ2) is 12.5. The molecule has 10 nitrogen and oxygen atoms in total. The van der Waals surface area contributed by atoms with Gasteiger partial charge in [-0.2, -0.15) is 0 Å². The number of nitrogens with zero attached hydrogens (tertiary/aromatic N) is 3.